The molecule has 3 heterocycles. The Hall–Kier alpha value is -1.62. The summed E-state index contributed by atoms with van der Waals surface area (Å²) in [4.78, 5) is 18.0. The lowest BCUT2D eigenvalue weighted by molar-refractivity contribution is 0.150. The number of pyridine rings is 1. The zero-order chi connectivity index (χ0) is 13.2. The molecule has 1 aromatic heterocycles. The van der Waals surface area contributed by atoms with Crippen LogP contribution in [0.1, 0.15) is 31.4 Å². The Morgan fingerprint density at radius 1 is 1.37 bits per heavy atom. The number of amides is 1. The van der Waals surface area contributed by atoms with Gasteiger partial charge in [-0.1, -0.05) is 6.07 Å². The number of piperidine rings is 1. The van der Waals surface area contributed by atoms with Crippen molar-refractivity contribution in [3.8, 4) is 0 Å². The van der Waals surface area contributed by atoms with Crippen molar-refractivity contribution in [1.82, 2.24) is 10.3 Å². The molecule has 0 aliphatic carbocycles. The third-order valence-electron chi connectivity index (χ3n) is 3.75. The maximum Gasteiger partial charge on any atom is 0.415 e. The van der Waals surface area contributed by atoms with Crippen LogP contribution in [0.4, 0.5) is 10.6 Å². The van der Waals surface area contributed by atoms with Crippen LogP contribution in [0.15, 0.2) is 18.2 Å². The lowest BCUT2D eigenvalue weighted by Gasteiger charge is -2.23. The molecule has 2 aliphatic rings. The quantitative estimate of drug-likeness (QED) is 0.883. The summed E-state index contributed by atoms with van der Waals surface area (Å²) in [6.07, 6.45) is 1.87. The molecule has 1 aromatic rings. The normalized spacial score (nSPS) is 24.6. The molecule has 0 aromatic carbocycles. The van der Waals surface area contributed by atoms with Crippen LogP contribution in [-0.2, 0) is 4.74 Å². The molecule has 2 fully saturated rings. The Morgan fingerprint density at radius 3 is 2.84 bits per heavy atom. The molecular weight excluding hydrogens is 242 g/mol. The highest BCUT2D eigenvalue weighted by molar-refractivity contribution is 5.88. The summed E-state index contributed by atoms with van der Waals surface area (Å²) in [7, 11) is 0. The third kappa shape index (κ3) is 2.56. The number of rotatable bonds is 2. The molecule has 0 unspecified atom stereocenters. The Morgan fingerprint density at radius 2 is 2.16 bits per heavy atom. The summed E-state index contributed by atoms with van der Waals surface area (Å²) in [5, 5.41) is 3.35. The SMILES string of the molecule is C[C@@H]1CN(c2cccc(C3CCNCC3)n2)C(=O)O1. The molecule has 3 rings (SSSR count). The lowest BCUT2D eigenvalue weighted by Crippen LogP contribution is -2.28. The van der Waals surface area contributed by atoms with Gasteiger partial charge in [0.15, 0.2) is 0 Å². The molecule has 0 radical (unpaired) electrons. The fraction of sp³-hybridized carbons (Fsp3) is 0.571. The van der Waals surface area contributed by atoms with E-state index < -0.39 is 0 Å². The molecule has 19 heavy (non-hydrogen) atoms. The smallest absolute Gasteiger partial charge is 0.415 e. The number of hydrogen-bond donors (Lipinski definition) is 1. The zero-order valence-electron chi connectivity index (χ0n) is 11.1. The van der Waals surface area contributed by atoms with Crippen molar-refractivity contribution in [2.75, 3.05) is 24.5 Å². The minimum Gasteiger partial charge on any atom is -0.444 e. The van der Waals surface area contributed by atoms with E-state index in [1.54, 1.807) is 4.90 Å². The minimum absolute atomic E-state index is 0.0585. The average Bonchev–Trinajstić information content (AvgIpc) is 2.79. The molecule has 0 bridgehead atoms. The molecule has 5 heteroatoms. The fourth-order valence-electron chi connectivity index (χ4n) is 2.73. The van der Waals surface area contributed by atoms with Crippen molar-refractivity contribution in [3.63, 3.8) is 0 Å². The van der Waals surface area contributed by atoms with Crippen LogP contribution in [-0.4, -0.2) is 36.8 Å². The van der Waals surface area contributed by atoms with Crippen molar-refractivity contribution in [1.29, 1.82) is 0 Å². The topological polar surface area (TPSA) is 54.5 Å². The first-order valence-corrected chi connectivity index (χ1v) is 6.90. The second-order valence-corrected chi connectivity index (χ2v) is 5.25. The van der Waals surface area contributed by atoms with E-state index in [0.717, 1.165) is 31.6 Å². The van der Waals surface area contributed by atoms with Gasteiger partial charge in [0.1, 0.15) is 11.9 Å². The van der Waals surface area contributed by atoms with Gasteiger partial charge >= 0.3 is 6.09 Å². The first kappa shape index (κ1) is 12.4. The number of carbonyl (C=O) groups is 1. The van der Waals surface area contributed by atoms with Gasteiger partial charge in [-0.15, -0.1) is 0 Å². The van der Waals surface area contributed by atoms with Crippen LogP contribution in [0.5, 0.6) is 0 Å². The largest absolute Gasteiger partial charge is 0.444 e. The number of hydrogen-bond acceptors (Lipinski definition) is 4. The van der Waals surface area contributed by atoms with Crippen molar-refractivity contribution in [2.24, 2.45) is 0 Å². The summed E-state index contributed by atoms with van der Waals surface area (Å²) in [6.45, 7) is 4.56. The summed E-state index contributed by atoms with van der Waals surface area (Å²) >= 11 is 0. The van der Waals surface area contributed by atoms with Crippen LogP contribution in [0.25, 0.3) is 0 Å². The Balaban J connectivity index is 1.81. The summed E-state index contributed by atoms with van der Waals surface area (Å²) in [5.41, 5.74) is 1.09. The van der Waals surface area contributed by atoms with Crippen molar-refractivity contribution in [3.05, 3.63) is 23.9 Å². The Kier molecular flexibility index (Phi) is 3.38. The van der Waals surface area contributed by atoms with Gasteiger partial charge in [0.2, 0.25) is 0 Å². The van der Waals surface area contributed by atoms with Gasteiger partial charge < -0.3 is 10.1 Å². The number of ether oxygens (including phenoxy) is 1. The van der Waals surface area contributed by atoms with E-state index in [9.17, 15) is 4.79 Å². The van der Waals surface area contributed by atoms with E-state index in [4.69, 9.17) is 4.74 Å². The predicted octanol–water partition coefficient (Wildman–Crippen LogP) is 1.89. The summed E-state index contributed by atoms with van der Waals surface area (Å²) in [6, 6.07) is 5.92. The lowest BCUT2D eigenvalue weighted by atomic mass is 9.94. The van der Waals surface area contributed by atoms with E-state index in [-0.39, 0.29) is 12.2 Å². The maximum atomic E-state index is 11.7. The van der Waals surface area contributed by atoms with Crippen molar-refractivity contribution in [2.45, 2.75) is 31.8 Å². The van der Waals surface area contributed by atoms with Gasteiger partial charge in [-0.05, 0) is 45.0 Å². The predicted molar refractivity (Wildman–Crippen MR) is 72.4 cm³/mol. The van der Waals surface area contributed by atoms with E-state index in [1.807, 2.05) is 19.1 Å². The standard InChI is InChI=1S/C14H19N3O2/c1-10-9-17(14(18)19-10)13-4-2-3-12(16-13)11-5-7-15-8-6-11/h2-4,10-11,15H,5-9H2,1H3/t10-/m1/s1. The van der Waals surface area contributed by atoms with E-state index in [0.29, 0.717) is 18.3 Å². The van der Waals surface area contributed by atoms with E-state index >= 15 is 0 Å². The van der Waals surface area contributed by atoms with Crippen LogP contribution in [0.3, 0.4) is 0 Å². The van der Waals surface area contributed by atoms with Gasteiger partial charge in [-0.3, -0.25) is 4.90 Å². The number of carbonyl (C=O) groups excluding carboxylic acids is 1. The minimum atomic E-state index is -0.289. The van der Waals surface area contributed by atoms with Gasteiger partial charge in [0.25, 0.3) is 0 Å². The molecular formula is C14H19N3O2. The molecule has 1 atom stereocenters. The number of aromatic nitrogens is 1. The van der Waals surface area contributed by atoms with Crippen molar-refractivity contribution < 1.29 is 9.53 Å². The van der Waals surface area contributed by atoms with E-state index in [1.165, 1.54) is 0 Å². The molecule has 5 nitrogen and oxygen atoms in total. The molecule has 2 saturated heterocycles. The second kappa shape index (κ2) is 5.17. The zero-order valence-corrected chi connectivity index (χ0v) is 11.1. The van der Waals surface area contributed by atoms with Crippen LogP contribution < -0.4 is 10.2 Å². The molecule has 102 valence electrons. The molecule has 0 saturated carbocycles. The van der Waals surface area contributed by atoms with Crippen LogP contribution >= 0.6 is 0 Å². The Labute approximate surface area is 113 Å². The molecule has 1 N–H and O–H groups in total. The Bertz CT molecular complexity index is 472. The fourth-order valence-corrected chi connectivity index (χ4v) is 2.73. The van der Waals surface area contributed by atoms with Crippen molar-refractivity contribution >= 4 is 11.9 Å². The number of anilines is 1. The first-order valence-electron chi connectivity index (χ1n) is 6.90. The monoisotopic (exact) mass is 261 g/mol. The number of nitrogens with one attached hydrogen (secondary N) is 1. The van der Waals surface area contributed by atoms with Gasteiger partial charge in [-0.2, -0.15) is 0 Å². The molecule has 2 aliphatic heterocycles. The highest BCUT2D eigenvalue weighted by atomic mass is 16.6. The summed E-state index contributed by atoms with van der Waals surface area (Å²) < 4.78 is 5.15. The number of nitrogens with zero attached hydrogens (tertiary/aromatic N) is 2. The summed E-state index contributed by atoms with van der Waals surface area (Å²) in [5.74, 6) is 1.21. The number of cyclic esters (lactones) is 1. The van der Waals surface area contributed by atoms with Gasteiger partial charge in [0, 0.05) is 11.6 Å². The van der Waals surface area contributed by atoms with Crippen LogP contribution in [0, 0.1) is 0 Å². The average molecular weight is 261 g/mol. The van der Waals surface area contributed by atoms with E-state index in [2.05, 4.69) is 16.4 Å². The molecule has 0 spiro atoms. The maximum absolute atomic E-state index is 11.7. The van der Waals surface area contributed by atoms with Gasteiger partial charge in [-0.25, -0.2) is 9.78 Å². The second-order valence-electron chi connectivity index (χ2n) is 5.25. The third-order valence-corrected chi connectivity index (χ3v) is 3.75. The van der Waals surface area contributed by atoms with Gasteiger partial charge in [0.05, 0.1) is 6.54 Å². The highest BCUT2D eigenvalue weighted by Gasteiger charge is 2.30. The highest BCUT2D eigenvalue weighted by Crippen LogP contribution is 2.26. The van der Waals surface area contributed by atoms with Crippen LogP contribution in [0.2, 0.25) is 0 Å². The first-order chi connectivity index (χ1) is 9.24. The molecule has 1 amide bonds.